The number of amides is 1. The number of hydrogen-bond acceptors (Lipinski definition) is 4. The smallest absolute Gasteiger partial charge is 0.321 e. The van der Waals surface area contributed by atoms with Gasteiger partial charge in [0, 0.05) is 23.3 Å². The topological polar surface area (TPSA) is 72.7 Å². The van der Waals surface area contributed by atoms with E-state index in [-0.39, 0.29) is 17.0 Å². The SMILES string of the molecule is O=C(Nc1ccc2nc(C(F)(F)F)ccc2c1)c1cc(Br)nn1-c1ncccc1Cl. The lowest BCUT2D eigenvalue weighted by Gasteiger charge is -2.10. The molecule has 152 valence electrons. The van der Waals surface area contributed by atoms with Crippen LogP contribution in [-0.2, 0) is 6.18 Å². The quantitative estimate of drug-likeness (QED) is 0.406. The van der Waals surface area contributed by atoms with Crippen molar-refractivity contribution in [3.63, 3.8) is 0 Å². The summed E-state index contributed by atoms with van der Waals surface area (Å²) in [6.45, 7) is 0. The third-order valence-electron chi connectivity index (χ3n) is 4.09. The zero-order valence-electron chi connectivity index (χ0n) is 14.8. The summed E-state index contributed by atoms with van der Waals surface area (Å²) in [4.78, 5) is 20.6. The van der Waals surface area contributed by atoms with E-state index in [0.717, 1.165) is 6.07 Å². The average Bonchev–Trinajstić information content (AvgIpc) is 3.09. The van der Waals surface area contributed by atoms with Crippen molar-refractivity contribution in [2.24, 2.45) is 0 Å². The number of fused-ring (bicyclic) bond motifs is 1. The first kappa shape index (κ1) is 20.3. The Morgan fingerprint density at radius 3 is 2.67 bits per heavy atom. The Balaban J connectivity index is 1.65. The number of halogens is 5. The van der Waals surface area contributed by atoms with E-state index in [1.54, 1.807) is 12.1 Å². The minimum atomic E-state index is -4.53. The number of anilines is 1. The summed E-state index contributed by atoms with van der Waals surface area (Å²) < 4.78 is 40.1. The molecule has 0 saturated heterocycles. The number of aromatic nitrogens is 4. The normalized spacial score (nSPS) is 11.6. The van der Waals surface area contributed by atoms with Crippen LogP contribution in [0.2, 0.25) is 5.02 Å². The molecule has 0 spiro atoms. The van der Waals surface area contributed by atoms with Crippen LogP contribution in [0, 0.1) is 0 Å². The summed E-state index contributed by atoms with van der Waals surface area (Å²) in [5.41, 5.74) is -0.276. The third kappa shape index (κ3) is 4.01. The summed E-state index contributed by atoms with van der Waals surface area (Å²) >= 11 is 9.39. The number of pyridine rings is 2. The van der Waals surface area contributed by atoms with Crippen molar-refractivity contribution >= 4 is 50.0 Å². The molecule has 0 aliphatic carbocycles. The molecular formula is C19H10BrClF3N5O. The van der Waals surface area contributed by atoms with Crippen molar-refractivity contribution in [3.8, 4) is 5.82 Å². The highest BCUT2D eigenvalue weighted by Gasteiger charge is 2.32. The van der Waals surface area contributed by atoms with Crippen LogP contribution in [0.4, 0.5) is 18.9 Å². The van der Waals surface area contributed by atoms with E-state index >= 15 is 0 Å². The lowest BCUT2D eigenvalue weighted by molar-refractivity contribution is -0.140. The van der Waals surface area contributed by atoms with Gasteiger partial charge in [-0.15, -0.1) is 0 Å². The number of hydrogen-bond donors (Lipinski definition) is 1. The zero-order valence-corrected chi connectivity index (χ0v) is 17.1. The van der Waals surface area contributed by atoms with Crippen LogP contribution in [0.3, 0.4) is 0 Å². The molecule has 4 rings (SSSR count). The maximum Gasteiger partial charge on any atom is 0.433 e. The summed E-state index contributed by atoms with van der Waals surface area (Å²) in [7, 11) is 0. The average molecular weight is 497 g/mol. The molecular weight excluding hydrogens is 487 g/mol. The van der Waals surface area contributed by atoms with E-state index in [1.165, 1.54) is 41.2 Å². The van der Waals surface area contributed by atoms with Gasteiger partial charge in [0.1, 0.15) is 16.0 Å². The maximum atomic E-state index is 12.8. The second-order valence-electron chi connectivity index (χ2n) is 6.13. The molecule has 3 aromatic heterocycles. The fraction of sp³-hybridized carbons (Fsp3) is 0.0526. The Kier molecular flexibility index (Phi) is 5.20. The van der Waals surface area contributed by atoms with Crippen LogP contribution in [0.15, 0.2) is 59.3 Å². The van der Waals surface area contributed by atoms with Crippen LogP contribution >= 0.6 is 27.5 Å². The first-order valence-corrected chi connectivity index (χ1v) is 9.55. The molecule has 11 heteroatoms. The Morgan fingerprint density at radius 2 is 1.93 bits per heavy atom. The Labute approximate surface area is 180 Å². The molecule has 0 radical (unpaired) electrons. The number of rotatable bonds is 3. The standard InChI is InChI=1S/C19H10BrClF3N5O/c20-16-9-14(29(28-16)17-12(21)2-1-7-25-17)18(30)26-11-4-5-13-10(8-11)3-6-15(27-13)19(22,23)24/h1-9H,(H,26,30). The molecule has 6 nitrogen and oxygen atoms in total. The van der Waals surface area contributed by atoms with Gasteiger partial charge in [-0.3, -0.25) is 4.79 Å². The van der Waals surface area contributed by atoms with E-state index in [2.05, 4.69) is 36.3 Å². The molecule has 3 heterocycles. The van der Waals surface area contributed by atoms with Crippen LogP contribution < -0.4 is 5.32 Å². The van der Waals surface area contributed by atoms with Gasteiger partial charge in [0.25, 0.3) is 5.91 Å². The lowest BCUT2D eigenvalue weighted by atomic mass is 10.1. The van der Waals surface area contributed by atoms with Crippen LogP contribution in [0.1, 0.15) is 16.2 Å². The van der Waals surface area contributed by atoms with Crippen LogP contribution in [-0.4, -0.2) is 25.7 Å². The van der Waals surface area contributed by atoms with E-state index in [0.29, 0.717) is 20.7 Å². The van der Waals surface area contributed by atoms with E-state index < -0.39 is 17.8 Å². The van der Waals surface area contributed by atoms with Crippen molar-refractivity contribution in [3.05, 3.63) is 75.7 Å². The van der Waals surface area contributed by atoms with E-state index in [1.807, 2.05) is 0 Å². The van der Waals surface area contributed by atoms with Gasteiger partial charge in [0.05, 0.1) is 10.5 Å². The van der Waals surface area contributed by atoms with Crippen molar-refractivity contribution in [2.75, 3.05) is 5.32 Å². The van der Waals surface area contributed by atoms with Gasteiger partial charge in [0.15, 0.2) is 5.82 Å². The third-order valence-corrected chi connectivity index (χ3v) is 4.77. The maximum absolute atomic E-state index is 12.8. The fourth-order valence-electron chi connectivity index (χ4n) is 2.76. The molecule has 30 heavy (non-hydrogen) atoms. The minimum Gasteiger partial charge on any atom is -0.321 e. The van der Waals surface area contributed by atoms with Crippen LogP contribution in [0.25, 0.3) is 16.7 Å². The van der Waals surface area contributed by atoms with Crippen molar-refractivity contribution in [1.82, 2.24) is 19.7 Å². The predicted molar refractivity (Wildman–Crippen MR) is 109 cm³/mol. The molecule has 0 bridgehead atoms. The summed E-state index contributed by atoms with van der Waals surface area (Å²) in [5, 5.41) is 7.65. The summed E-state index contributed by atoms with van der Waals surface area (Å²) in [6, 6.07) is 11.4. The minimum absolute atomic E-state index is 0.160. The first-order chi connectivity index (χ1) is 14.2. The van der Waals surface area contributed by atoms with Gasteiger partial charge < -0.3 is 5.32 Å². The largest absolute Gasteiger partial charge is 0.433 e. The molecule has 1 aromatic carbocycles. The molecule has 4 aromatic rings. The Hall–Kier alpha value is -2.98. The highest BCUT2D eigenvalue weighted by atomic mass is 79.9. The first-order valence-electron chi connectivity index (χ1n) is 8.38. The van der Waals surface area contributed by atoms with Gasteiger partial charge in [-0.2, -0.15) is 18.3 Å². The molecule has 0 aliphatic rings. The van der Waals surface area contributed by atoms with E-state index in [9.17, 15) is 18.0 Å². The second kappa shape index (κ2) is 7.69. The number of nitrogens with one attached hydrogen (secondary N) is 1. The Morgan fingerprint density at radius 1 is 1.13 bits per heavy atom. The monoisotopic (exact) mass is 495 g/mol. The second-order valence-corrected chi connectivity index (χ2v) is 7.35. The molecule has 0 atom stereocenters. The van der Waals surface area contributed by atoms with Crippen LogP contribution in [0.5, 0.6) is 0 Å². The molecule has 0 fully saturated rings. The van der Waals surface area contributed by atoms with Crippen molar-refractivity contribution in [2.45, 2.75) is 6.18 Å². The number of carbonyl (C=O) groups is 1. The molecule has 0 unspecified atom stereocenters. The Bertz CT molecular complexity index is 1270. The van der Waals surface area contributed by atoms with Gasteiger partial charge in [-0.05, 0) is 52.3 Å². The number of benzene rings is 1. The fourth-order valence-corrected chi connectivity index (χ4v) is 3.34. The molecule has 1 amide bonds. The zero-order chi connectivity index (χ0) is 21.5. The predicted octanol–water partition coefficient (Wildman–Crippen LogP) is 5.50. The number of alkyl halides is 3. The van der Waals surface area contributed by atoms with Crippen molar-refractivity contribution in [1.29, 1.82) is 0 Å². The summed E-state index contributed by atoms with van der Waals surface area (Å²) in [5.74, 6) is -0.230. The lowest BCUT2D eigenvalue weighted by Crippen LogP contribution is -2.17. The van der Waals surface area contributed by atoms with Crippen molar-refractivity contribution < 1.29 is 18.0 Å². The number of nitrogens with zero attached hydrogens (tertiary/aromatic N) is 4. The summed E-state index contributed by atoms with van der Waals surface area (Å²) in [6.07, 6.45) is -3.01. The van der Waals surface area contributed by atoms with Gasteiger partial charge in [-0.1, -0.05) is 17.7 Å². The highest BCUT2D eigenvalue weighted by Crippen LogP contribution is 2.30. The van der Waals surface area contributed by atoms with Gasteiger partial charge in [0.2, 0.25) is 0 Å². The highest BCUT2D eigenvalue weighted by molar-refractivity contribution is 9.10. The van der Waals surface area contributed by atoms with E-state index in [4.69, 9.17) is 11.6 Å². The molecule has 0 saturated carbocycles. The van der Waals surface area contributed by atoms with Gasteiger partial charge in [-0.25, -0.2) is 14.6 Å². The molecule has 0 aliphatic heterocycles. The molecule has 1 N–H and O–H groups in total. The van der Waals surface area contributed by atoms with Gasteiger partial charge >= 0.3 is 6.18 Å². The number of carbonyl (C=O) groups excluding carboxylic acids is 1.